The van der Waals surface area contributed by atoms with Gasteiger partial charge in [-0.2, -0.15) is 0 Å². The number of carbonyl (C=O) groups excluding carboxylic acids is 1. The van der Waals surface area contributed by atoms with Crippen molar-refractivity contribution < 1.29 is 19.0 Å². The molecule has 1 saturated heterocycles. The van der Waals surface area contributed by atoms with Gasteiger partial charge in [0.25, 0.3) is 0 Å². The summed E-state index contributed by atoms with van der Waals surface area (Å²) in [6.07, 6.45) is 3.04. The molecule has 1 rings (SSSR count). The van der Waals surface area contributed by atoms with E-state index < -0.39 is 0 Å². The van der Waals surface area contributed by atoms with Crippen LogP contribution in [0.3, 0.4) is 0 Å². The van der Waals surface area contributed by atoms with E-state index in [1.165, 1.54) is 7.11 Å². The van der Waals surface area contributed by atoms with E-state index in [4.69, 9.17) is 9.47 Å². The van der Waals surface area contributed by atoms with Gasteiger partial charge in [0.05, 0.1) is 19.6 Å². The number of carbonyl (C=O) groups is 1. The third kappa shape index (κ3) is 3.64. The first-order valence-electron chi connectivity index (χ1n) is 5.05. The van der Waals surface area contributed by atoms with Crippen molar-refractivity contribution >= 4 is 5.97 Å². The van der Waals surface area contributed by atoms with Gasteiger partial charge in [-0.15, -0.1) is 0 Å². The highest BCUT2D eigenvalue weighted by Crippen LogP contribution is 2.14. The molecule has 1 aliphatic heterocycles. The fourth-order valence-corrected chi connectivity index (χ4v) is 1.36. The lowest BCUT2D eigenvalue weighted by Gasteiger charge is -2.23. The zero-order chi connectivity index (χ0) is 10.4. The average molecular weight is 202 g/mol. The minimum absolute atomic E-state index is 0.129. The van der Waals surface area contributed by atoms with Gasteiger partial charge in [-0.3, -0.25) is 4.79 Å². The maximum atomic E-state index is 11.0. The van der Waals surface area contributed by atoms with Gasteiger partial charge in [0.1, 0.15) is 0 Å². The van der Waals surface area contributed by atoms with Crippen LogP contribution in [0.5, 0.6) is 0 Å². The van der Waals surface area contributed by atoms with Gasteiger partial charge in [-0.1, -0.05) is 0 Å². The molecule has 0 amide bonds. The molecule has 0 aliphatic carbocycles. The van der Waals surface area contributed by atoms with E-state index in [1.807, 2.05) is 0 Å². The predicted molar refractivity (Wildman–Crippen MR) is 50.7 cm³/mol. The van der Waals surface area contributed by atoms with Crippen LogP contribution in [0.2, 0.25) is 0 Å². The fraction of sp³-hybridized carbons (Fsp3) is 0.900. The Morgan fingerprint density at radius 2 is 2.36 bits per heavy atom. The van der Waals surface area contributed by atoms with Crippen LogP contribution in [0, 0.1) is 5.92 Å². The first-order valence-corrected chi connectivity index (χ1v) is 5.05. The highest BCUT2D eigenvalue weighted by molar-refractivity contribution is 5.71. The zero-order valence-corrected chi connectivity index (χ0v) is 8.82. The monoisotopic (exact) mass is 202 g/mol. The van der Waals surface area contributed by atoms with Crippen molar-refractivity contribution in [3.63, 3.8) is 0 Å². The molecule has 82 valence electrons. The van der Waals surface area contributed by atoms with Gasteiger partial charge in [0.15, 0.2) is 6.29 Å². The van der Waals surface area contributed by atoms with Gasteiger partial charge < -0.3 is 14.2 Å². The molecule has 1 fully saturated rings. The summed E-state index contributed by atoms with van der Waals surface area (Å²) in [6, 6.07) is 0. The van der Waals surface area contributed by atoms with Crippen molar-refractivity contribution in [1.82, 2.24) is 0 Å². The Morgan fingerprint density at radius 3 is 2.93 bits per heavy atom. The van der Waals surface area contributed by atoms with Crippen molar-refractivity contribution in [3.05, 3.63) is 0 Å². The van der Waals surface area contributed by atoms with Crippen molar-refractivity contribution in [2.75, 3.05) is 20.3 Å². The smallest absolute Gasteiger partial charge is 0.310 e. The normalized spacial score (nSPS) is 24.3. The Balaban J connectivity index is 2.15. The van der Waals surface area contributed by atoms with Crippen LogP contribution in [-0.2, 0) is 19.0 Å². The van der Waals surface area contributed by atoms with Crippen LogP contribution in [0.25, 0.3) is 0 Å². The van der Waals surface area contributed by atoms with Gasteiger partial charge in [-0.25, -0.2) is 0 Å². The number of methoxy groups -OCH3 is 1. The van der Waals surface area contributed by atoms with Crippen molar-refractivity contribution in [1.29, 1.82) is 0 Å². The standard InChI is InChI=1S/C10H18O4/c1-8(10(11)12-2)7-14-9-5-3-4-6-13-9/h8-9H,3-7H2,1-2H3/t8-,9-/m1/s1. The lowest BCUT2D eigenvalue weighted by atomic mass is 10.2. The third-order valence-electron chi connectivity index (χ3n) is 2.27. The van der Waals surface area contributed by atoms with Gasteiger partial charge in [0.2, 0.25) is 0 Å². The Hall–Kier alpha value is -0.610. The average Bonchev–Trinajstić information content (AvgIpc) is 2.26. The van der Waals surface area contributed by atoms with Crippen LogP contribution in [0.1, 0.15) is 26.2 Å². The molecule has 0 spiro atoms. The summed E-state index contributed by atoms with van der Waals surface area (Å²) in [4.78, 5) is 11.0. The lowest BCUT2D eigenvalue weighted by Crippen LogP contribution is -2.27. The molecular weight excluding hydrogens is 184 g/mol. The second-order valence-electron chi connectivity index (χ2n) is 3.55. The van der Waals surface area contributed by atoms with E-state index in [1.54, 1.807) is 6.92 Å². The second kappa shape index (κ2) is 5.98. The number of hydrogen-bond donors (Lipinski definition) is 0. The van der Waals surface area contributed by atoms with Crippen LogP contribution in [0.4, 0.5) is 0 Å². The quantitative estimate of drug-likeness (QED) is 0.645. The highest BCUT2D eigenvalue weighted by atomic mass is 16.7. The molecule has 2 atom stereocenters. The molecule has 1 heterocycles. The van der Waals surface area contributed by atoms with Gasteiger partial charge >= 0.3 is 5.97 Å². The summed E-state index contributed by atoms with van der Waals surface area (Å²) in [5.41, 5.74) is 0. The van der Waals surface area contributed by atoms with E-state index in [0.717, 1.165) is 25.9 Å². The summed E-state index contributed by atoms with van der Waals surface area (Å²) in [5, 5.41) is 0. The Morgan fingerprint density at radius 1 is 1.57 bits per heavy atom. The molecule has 4 heteroatoms. The van der Waals surface area contributed by atoms with E-state index in [9.17, 15) is 4.79 Å². The SMILES string of the molecule is COC(=O)[C@H](C)CO[C@@H]1CCCCO1. The summed E-state index contributed by atoms with van der Waals surface area (Å²) in [7, 11) is 1.38. The molecule has 1 aliphatic rings. The van der Waals surface area contributed by atoms with Crippen molar-refractivity contribution in [2.24, 2.45) is 5.92 Å². The Labute approximate surface area is 84.5 Å². The van der Waals surface area contributed by atoms with Gasteiger partial charge in [0, 0.05) is 6.61 Å². The van der Waals surface area contributed by atoms with Crippen molar-refractivity contribution in [3.8, 4) is 0 Å². The van der Waals surface area contributed by atoms with E-state index in [2.05, 4.69) is 4.74 Å². The van der Waals surface area contributed by atoms with Crippen LogP contribution >= 0.6 is 0 Å². The number of esters is 1. The van der Waals surface area contributed by atoms with E-state index in [-0.39, 0.29) is 18.2 Å². The maximum absolute atomic E-state index is 11.0. The number of rotatable bonds is 4. The molecule has 0 radical (unpaired) electrons. The van der Waals surface area contributed by atoms with Crippen LogP contribution in [0.15, 0.2) is 0 Å². The molecule has 0 aromatic heterocycles. The predicted octanol–water partition coefficient (Wildman–Crippen LogP) is 1.34. The highest BCUT2D eigenvalue weighted by Gasteiger charge is 2.18. The van der Waals surface area contributed by atoms with E-state index in [0.29, 0.717) is 6.61 Å². The molecule has 14 heavy (non-hydrogen) atoms. The minimum Gasteiger partial charge on any atom is -0.469 e. The molecule has 0 saturated carbocycles. The largest absolute Gasteiger partial charge is 0.469 e. The molecule has 0 aromatic carbocycles. The fourth-order valence-electron chi connectivity index (χ4n) is 1.36. The summed E-state index contributed by atoms with van der Waals surface area (Å²) < 4.78 is 15.4. The first kappa shape index (κ1) is 11.5. The Kier molecular flexibility index (Phi) is 4.90. The minimum atomic E-state index is -0.235. The topological polar surface area (TPSA) is 44.8 Å². The molecular formula is C10H18O4. The van der Waals surface area contributed by atoms with E-state index >= 15 is 0 Å². The summed E-state index contributed by atoms with van der Waals surface area (Å²) in [5.74, 6) is -0.452. The Bertz CT molecular complexity index is 175. The molecule has 0 aromatic rings. The zero-order valence-electron chi connectivity index (χ0n) is 8.82. The molecule has 0 bridgehead atoms. The summed E-state index contributed by atoms with van der Waals surface area (Å²) >= 11 is 0. The van der Waals surface area contributed by atoms with Gasteiger partial charge in [-0.05, 0) is 26.2 Å². The number of ether oxygens (including phenoxy) is 3. The molecule has 0 N–H and O–H groups in total. The first-order chi connectivity index (χ1) is 6.74. The third-order valence-corrected chi connectivity index (χ3v) is 2.27. The number of hydrogen-bond acceptors (Lipinski definition) is 4. The molecule has 4 nitrogen and oxygen atoms in total. The summed E-state index contributed by atoms with van der Waals surface area (Å²) in [6.45, 7) is 2.92. The molecule has 0 unspecified atom stereocenters. The van der Waals surface area contributed by atoms with Crippen LogP contribution in [-0.4, -0.2) is 32.6 Å². The van der Waals surface area contributed by atoms with Crippen molar-refractivity contribution in [2.45, 2.75) is 32.5 Å². The van der Waals surface area contributed by atoms with Crippen LogP contribution < -0.4 is 0 Å². The lowest BCUT2D eigenvalue weighted by molar-refractivity contribution is -0.175. The second-order valence-corrected chi connectivity index (χ2v) is 3.55. The maximum Gasteiger partial charge on any atom is 0.310 e.